The van der Waals surface area contributed by atoms with Crippen molar-refractivity contribution in [2.75, 3.05) is 32.1 Å². The van der Waals surface area contributed by atoms with Gasteiger partial charge in [0.25, 0.3) is 0 Å². The summed E-state index contributed by atoms with van der Waals surface area (Å²) in [5, 5.41) is 2.77. The van der Waals surface area contributed by atoms with Gasteiger partial charge in [-0.3, -0.25) is 9.59 Å². The molecule has 1 atom stereocenters. The molecule has 1 saturated heterocycles. The zero-order valence-electron chi connectivity index (χ0n) is 15.8. The molecule has 28 heavy (non-hydrogen) atoms. The second-order valence-electron chi connectivity index (χ2n) is 6.39. The number of hydrogen-bond donors (Lipinski definition) is 1. The average molecular weight is 401 g/mol. The molecule has 0 bridgehead atoms. The van der Waals surface area contributed by atoms with Gasteiger partial charge in [0.05, 0.1) is 13.2 Å². The molecule has 0 aromatic heterocycles. The van der Waals surface area contributed by atoms with Crippen molar-refractivity contribution in [1.29, 1.82) is 0 Å². The van der Waals surface area contributed by atoms with E-state index in [1.54, 1.807) is 4.90 Å². The number of nitrogens with zero attached hydrogens (tertiary/aromatic N) is 1. The molecule has 1 heterocycles. The predicted molar refractivity (Wildman–Crippen MR) is 109 cm³/mol. The van der Waals surface area contributed by atoms with E-state index in [0.29, 0.717) is 32.1 Å². The summed E-state index contributed by atoms with van der Waals surface area (Å²) >= 11 is 1.53. The van der Waals surface area contributed by atoms with E-state index in [1.807, 2.05) is 54.6 Å². The van der Waals surface area contributed by atoms with Crippen molar-refractivity contribution in [3.63, 3.8) is 0 Å². The number of carbonyl (C=O) groups is 2. The zero-order valence-corrected chi connectivity index (χ0v) is 16.6. The number of benzene rings is 2. The van der Waals surface area contributed by atoms with Gasteiger partial charge in [0, 0.05) is 30.7 Å². The fraction of sp³-hybridized carbons (Fsp3) is 0.333. The summed E-state index contributed by atoms with van der Waals surface area (Å²) in [7, 11) is 0. The lowest BCUT2D eigenvalue weighted by atomic mass is 10.2. The summed E-state index contributed by atoms with van der Waals surface area (Å²) in [6.45, 7) is 3.62. The molecule has 0 spiro atoms. The maximum absolute atomic E-state index is 12.7. The van der Waals surface area contributed by atoms with Crippen LogP contribution < -0.4 is 10.1 Å². The maximum atomic E-state index is 12.7. The number of amides is 2. The van der Waals surface area contributed by atoms with Gasteiger partial charge in [-0.2, -0.15) is 0 Å². The van der Waals surface area contributed by atoms with E-state index in [4.69, 9.17) is 9.47 Å². The molecular weight excluding hydrogens is 376 g/mol. The highest BCUT2D eigenvalue weighted by Gasteiger charge is 2.26. The molecule has 2 aromatic carbocycles. The predicted octanol–water partition coefficient (Wildman–Crippen LogP) is 2.93. The highest BCUT2D eigenvalue weighted by atomic mass is 32.2. The highest BCUT2D eigenvalue weighted by Crippen LogP contribution is 2.25. The number of nitrogens with one attached hydrogen (secondary N) is 1. The van der Waals surface area contributed by atoms with Crippen molar-refractivity contribution >= 4 is 23.6 Å². The summed E-state index contributed by atoms with van der Waals surface area (Å²) < 4.78 is 11.1. The van der Waals surface area contributed by atoms with Crippen molar-refractivity contribution in [3.05, 3.63) is 54.6 Å². The van der Waals surface area contributed by atoms with Crippen molar-refractivity contribution in [2.45, 2.75) is 17.9 Å². The van der Waals surface area contributed by atoms with E-state index >= 15 is 0 Å². The monoisotopic (exact) mass is 400 g/mol. The third-order valence-corrected chi connectivity index (χ3v) is 5.32. The topological polar surface area (TPSA) is 67.9 Å². The Hall–Kier alpha value is -2.51. The molecule has 1 fully saturated rings. The van der Waals surface area contributed by atoms with Crippen LogP contribution in [0.4, 0.5) is 0 Å². The third-order valence-electron chi connectivity index (χ3n) is 4.22. The normalized spacial score (nSPS) is 15.0. The minimum Gasteiger partial charge on any atom is -0.457 e. The molecule has 148 valence electrons. The molecule has 6 nitrogen and oxygen atoms in total. The SMILES string of the molecule is CC(=O)NC(CSc1ccc(Oc2ccccc2)cc1)C(=O)N1CCOCC1. The van der Waals surface area contributed by atoms with Crippen LogP contribution in [0.5, 0.6) is 11.5 Å². The van der Waals surface area contributed by atoms with Gasteiger partial charge in [-0.25, -0.2) is 0 Å². The van der Waals surface area contributed by atoms with E-state index in [0.717, 1.165) is 16.4 Å². The van der Waals surface area contributed by atoms with Gasteiger partial charge >= 0.3 is 0 Å². The molecule has 0 saturated carbocycles. The van der Waals surface area contributed by atoms with Crippen LogP contribution in [0.2, 0.25) is 0 Å². The fourth-order valence-corrected chi connectivity index (χ4v) is 3.75. The van der Waals surface area contributed by atoms with Gasteiger partial charge in [-0.05, 0) is 36.4 Å². The molecular formula is C21H24N2O4S. The number of morpholine rings is 1. The van der Waals surface area contributed by atoms with Crippen LogP contribution in [0, 0.1) is 0 Å². The second kappa shape index (κ2) is 10.1. The summed E-state index contributed by atoms with van der Waals surface area (Å²) in [5.74, 6) is 1.73. The van der Waals surface area contributed by atoms with Crippen LogP contribution in [0.1, 0.15) is 6.92 Å². The molecule has 1 unspecified atom stereocenters. The summed E-state index contributed by atoms with van der Waals surface area (Å²) in [6.07, 6.45) is 0. The number of para-hydroxylation sites is 1. The first-order valence-corrected chi connectivity index (χ1v) is 10.2. The Morgan fingerprint density at radius 3 is 2.36 bits per heavy atom. The highest BCUT2D eigenvalue weighted by molar-refractivity contribution is 7.99. The molecule has 2 aromatic rings. The van der Waals surface area contributed by atoms with E-state index in [-0.39, 0.29) is 11.8 Å². The Kier molecular flexibility index (Phi) is 7.33. The first-order chi connectivity index (χ1) is 13.6. The van der Waals surface area contributed by atoms with E-state index in [1.165, 1.54) is 18.7 Å². The van der Waals surface area contributed by atoms with E-state index in [2.05, 4.69) is 5.32 Å². The quantitative estimate of drug-likeness (QED) is 0.724. The maximum Gasteiger partial charge on any atom is 0.246 e. The number of carbonyl (C=O) groups excluding carboxylic acids is 2. The Morgan fingerprint density at radius 2 is 1.71 bits per heavy atom. The third kappa shape index (κ3) is 6.00. The molecule has 1 aliphatic heterocycles. The largest absolute Gasteiger partial charge is 0.457 e. The van der Waals surface area contributed by atoms with Crippen LogP contribution in [0.25, 0.3) is 0 Å². The van der Waals surface area contributed by atoms with Crippen LogP contribution in [0.15, 0.2) is 59.5 Å². The summed E-state index contributed by atoms with van der Waals surface area (Å²) in [4.78, 5) is 27.0. The lowest BCUT2D eigenvalue weighted by molar-refractivity contribution is -0.138. The minimum atomic E-state index is -0.555. The first-order valence-electron chi connectivity index (χ1n) is 9.21. The Bertz CT molecular complexity index is 777. The second-order valence-corrected chi connectivity index (χ2v) is 7.48. The number of ether oxygens (including phenoxy) is 2. The van der Waals surface area contributed by atoms with Crippen LogP contribution >= 0.6 is 11.8 Å². The van der Waals surface area contributed by atoms with Crippen molar-refractivity contribution in [3.8, 4) is 11.5 Å². The zero-order chi connectivity index (χ0) is 19.8. The molecule has 7 heteroatoms. The molecule has 3 rings (SSSR count). The van der Waals surface area contributed by atoms with Gasteiger partial charge in [0.2, 0.25) is 11.8 Å². The van der Waals surface area contributed by atoms with Gasteiger partial charge in [-0.1, -0.05) is 18.2 Å². The van der Waals surface area contributed by atoms with Gasteiger partial charge in [0.15, 0.2) is 0 Å². The van der Waals surface area contributed by atoms with Gasteiger partial charge in [-0.15, -0.1) is 11.8 Å². The summed E-state index contributed by atoms with van der Waals surface area (Å²) in [6, 6.07) is 16.7. The standard InChI is InChI=1S/C21H24N2O4S/c1-16(24)22-20(21(25)23-11-13-26-14-12-23)15-28-19-9-7-18(8-10-19)27-17-5-3-2-4-6-17/h2-10,20H,11-15H2,1H3,(H,22,24). The fourth-order valence-electron chi connectivity index (χ4n) is 2.83. The van der Waals surface area contributed by atoms with Crippen molar-refractivity contribution in [2.24, 2.45) is 0 Å². The Morgan fingerprint density at radius 1 is 1.07 bits per heavy atom. The van der Waals surface area contributed by atoms with Crippen LogP contribution in [0.3, 0.4) is 0 Å². The van der Waals surface area contributed by atoms with Crippen molar-refractivity contribution in [1.82, 2.24) is 10.2 Å². The molecule has 2 amide bonds. The van der Waals surface area contributed by atoms with Crippen LogP contribution in [-0.2, 0) is 14.3 Å². The number of thioether (sulfide) groups is 1. The smallest absolute Gasteiger partial charge is 0.246 e. The van der Waals surface area contributed by atoms with Gasteiger partial charge in [0.1, 0.15) is 17.5 Å². The first kappa shape index (κ1) is 20.2. The molecule has 1 aliphatic rings. The molecule has 0 aliphatic carbocycles. The molecule has 0 radical (unpaired) electrons. The lowest BCUT2D eigenvalue weighted by Gasteiger charge is -2.30. The number of hydrogen-bond acceptors (Lipinski definition) is 5. The number of rotatable bonds is 7. The Balaban J connectivity index is 1.57. The van der Waals surface area contributed by atoms with Crippen molar-refractivity contribution < 1.29 is 19.1 Å². The Labute approximate surface area is 169 Å². The van der Waals surface area contributed by atoms with Gasteiger partial charge < -0.3 is 19.7 Å². The molecule has 1 N–H and O–H groups in total. The lowest BCUT2D eigenvalue weighted by Crippen LogP contribution is -2.52. The van der Waals surface area contributed by atoms with E-state index < -0.39 is 6.04 Å². The minimum absolute atomic E-state index is 0.0602. The average Bonchev–Trinajstić information content (AvgIpc) is 2.73. The van der Waals surface area contributed by atoms with Crippen LogP contribution in [-0.4, -0.2) is 54.8 Å². The summed E-state index contributed by atoms with van der Waals surface area (Å²) in [5.41, 5.74) is 0. The van der Waals surface area contributed by atoms with E-state index in [9.17, 15) is 9.59 Å².